The predicted octanol–water partition coefficient (Wildman–Crippen LogP) is 3.31. The van der Waals surface area contributed by atoms with E-state index in [0.717, 1.165) is 10.0 Å². The van der Waals surface area contributed by atoms with Crippen molar-refractivity contribution in [1.29, 1.82) is 0 Å². The van der Waals surface area contributed by atoms with Crippen molar-refractivity contribution in [2.75, 3.05) is 6.61 Å². The highest BCUT2D eigenvalue weighted by molar-refractivity contribution is 9.11. The molecule has 80 valence electrons. The van der Waals surface area contributed by atoms with E-state index in [2.05, 4.69) is 22.5 Å². The quantitative estimate of drug-likeness (QED) is 0.784. The molecule has 1 aromatic carbocycles. The molecule has 0 amide bonds. The SMILES string of the molecule is C=C(Br)Cc1cccc(C(=O)OCC)c1. The van der Waals surface area contributed by atoms with Gasteiger partial charge in [-0.3, -0.25) is 0 Å². The molecule has 0 spiro atoms. The van der Waals surface area contributed by atoms with E-state index < -0.39 is 0 Å². The zero-order valence-corrected chi connectivity index (χ0v) is 10.2. The Morgan fingerprint density at radius 3 is 2.87 bits per heavy atom. The van der Waals surface area contributed by atoms with Crippen molar-refractivity contribution < 1.29 is 9.53 Å². The zero-order valence-electron chi connectivity index (χ0n) is 8.63. The summed E-state index contributed by atoms with van der Waals surface area (Å²) in [5.41, 5.74) is 1.63. The van der Waals surface area contributed by atoms with Gasteiger partial charge in [0.05, 0.1) is 12.2 Å². The van der Waals surface area contributed by atoms with E-state index in [4.69, 9.17) is 4.74 Å². The summed E-state index contributed by atoms with van der Waals surface area (Å²) in [6, 6.07) is 7.37. The van der Waals surface area contributed by atoms with Crippen LogP contribution in [0.3, 0.4) is 0 Å². The van der Waals surface area contributed by atoms with Gasteiger partial charge in [-0.05, 0) is 29.1 Å². The molecule has 0 fully saturated rings. The van der Waals surface area contributed by atoms with Crippen LogP contribution in [0.1, 0.15) is 22.8 Å². The van der Waals surface area contributed by atoms with Crippen molar-refractivity contribution in [2.45, 2.75) is 13.3 Å². The Bertz CT molecular complexity index is 372. The minimum absolute atomic E-state index is 0.278. The smallest absolute Gasteiger partial charge is 0.338 e. The van der Waals surface area contributed by atoms with E-state index in [1.54, 1.807) is 13.0 Å². The molecule has 1 rings (SSSR count). The Morgan fingerprint density at radius 1 is 1.53 bits per heavy atom. The third kappa shape index (κ3) is 3.88. The van der Waals surface area contributed by atoms with Gasteiger partial charge in [-0.25, -0.2) is 4.79 Å². The standard InChI is InChI=1S/C12H13BrO2/c1-3-15-12(14)11-6-4-5-10(8-11)7-9(2)13/h4-6,8H,2-3,7H2,1H3. The lowest BCUT2D eigenvalue weighted by Crippen LogP contribution is -2.04. The van der Waals surface area contributed by atoms with Gasteiger partial charge < -0.3 is 4.74 Å². The van der Waals surface area contributed by atoms with Crippen LogP contribution in [0.5, 0.6) is 0 Å². The van der Waals surface area contributed by atoms with E-state index in [1.807, 2.05) is 18.2 Å². The van der Waals surface area contributed by atoms with Gasteiger partial charge in [0, 0.05) is 6.42 Å². The topological polar surface area (TPSA) is 26.3 Å². The molecule has 0 aliphatic rings. The van der Waals surface area contributed by atoms with Gasteiger partial charge in [0.2, 0.25) is 0 Å². The fourth-order valence-corrected chi connectivity index (χ4v) is 1.57. The minimum Gasteiger partial charge on any atom is -0.462 e. The molecule has 0 unspecified atom stereocenters. The Balaban J connectivity index is 2.82. The first-order chi connectivity index (χ1) is 7.13. The summed E-state index contributed by atoms with van der Waals surface area (Å²) in [5, 5.41) is 0. The van der Waals surface area contributed by atoms with Crippen LogP contribution in [0, 0.1) is 0 Å². The van der Waals surface area contributed by atoms with Gasteiger partial charge in [-0.2, -0.15) is 0 Å². The maximum atomic E-state index is 11.4. The van der Waals surface area contributed by atoms with Gasteiger partial charge in [-0.15, -0.1) is 0 Å². The number of carbonyl (C=O) groups is 1. The van der Waals surface area contributed by atoms with Gasteiger partial charge in [0.25, 0.3) is 0 Å². The van der Waals surface area contributed by atoms with Crippen molar-refractivity contribution in [1.82, 2.24) is 0 Å². The number of hydrogen-bond donors (Lipinski definition) is 0. The van der Waals surface area contributed by atoms with Gasteiger partial charge in [0.15, 0.2) is 0 Å². The first kappa shape index (κ1) is 12.0. The highest BCUT2D eigenvalue weighted by Crippen LogP contribution is 2.13. The second kappa shape index (κ2) is 5.71. The van der Waals surface area contributed by atoms with E-state index in [9.17, 15) is 4.79 Å². The molecular formula is C12H13BrO2. The van der Waals surface area contributed by atoms with Crippen LogP contribution in [0.15, 0.2) is 35.3 Å². The van der Waals surface area contributed by atoms with Crippen LogP contribution < -0.4 is 0 Å². The fraction of sp³-hybridized carbons (Fsp3) is 0.250. The van der Waals surface area contributed by atoms with E-state index >= 15 is 0 Å². The summed E-state index contributed by atoms with van der Waals surface area (Å²) >= 11 is 3.29. The number of ether oxygens (including phenoxy) is 1. The number of hydrogen-bond acceptors (Lipinski definition) is 2. The third-order valence-electron chi connectivity index (χ3n) is 1.83. The molecule has 0 heterocycles. The molecule has 0 N–H and O–H groups in total. The summed E-state index contributed by atoms with van der Waals surface area (Å²) in [4.78, 5) is 11.4. The Kier molecular flexibility index (Phi) is 4.56. The zero-order chi connectivity index (χ0) is 11.3. The van der Waals surface area contributed by atoms with E-state index in [-0.39, 0.29) is 5.97 Å². The largest absolute Gasteiger partial charge is 0.462 e. The van der Waals surface area contributed by atoms with Crippen LogP contribution in [0.2, 0.25) is 0 Å². The van der Waals surface area contributed by atoms with Gasteiger partial charge in [0.1, 0.15) is 0 Å². The highest BCUT2D eigenvalue weighted by Gasteiger charge is 2.06. The number of rotatable bonds is 4. The Morgan fingerprint density at radius 2 is 2.27 bits per heavy atom. The molecule has 0 radical (unpaired) electrons. The minimum atomic E-state index is -0.278. The number of benzene rings is 1. The molecule has 0 aromatic heterocycles. The summed E-state index contributed by atoms with van der Waals surface area (Å²) < 4.78 is 5.81. The van der Waals surface area contributed by atoms with Crippen LogP contribution in [-0.4, -0.2) is 12.6 Å². The number of carbonyl (C=O) groups excluding carboxylic acids is 1. The second-order valence-electron chi connectivity index (χ2n) is 3.11. The highest BCUT2D eigenvalue weighted by atomic mass is 79.9. The van der Waals surface area contributed by atoms with Crippen molar-refractivity contribution in [3.63, 3.8) is 0 Å². The molecule has 3 heteroatoms. The molecule has 0 atom stereocenters. The molecular weight excluding hydrogens is 256 g/mol. The van der Waals surface area contributed by atoms with Gasteiger partial charge in [-0.1, -0.05) is 34.6 Å². The molecule has 15 heavy (non-hydrogen) atoms. The molecule has 0 saturated heterocycles. The summed E-state index contributed by atoms with van der Waals surface area (Å²) in [5.74, 6) is -0.278. The average Bonchev–Trinajstić information content (AvgIpc) is 2.17. The van der Waals surface area contributed by atoms with Crippen LogP contribution in [0.25, 0.3) is 0 Å². The maximum Gasteiger partial charge on any atom is 0.338 e. The lowest BCUT2D eigenvalue weighted by molar-refractivity contribution is 0.0526. The van der Waals surface area contributed by atoms with Crippen LogP contribution in [-0.2, 0) is 11.2 Å². The fourth-order valence-electron chi connectivity index (χ4n) is 1.24. The monoisotopic (exact) mass is 268 g/mol. The van der Waals surface area contributed by atoms with E-state index in [1.165, 1.54) is 0 Å². The number of halogens is 1. The predicted molar refractivity (Wildman–Crippen MR) is 64.2 cm³/mol. The molecule has 2 nitrogen and oxygen atoms in total. The first-order valence-electron chi connectivity index (χ1n) is 4.73. The second-order valence-corrected chi connectivity index (χ2v) is 4.24. The third-order valence-corrected chi connectivity index (χ3v) is 2.11. The molecule has 1 aromatic rings. The molecule has 0 saturated carbocycles. The number of allylic oxidation sites excluding steroid dienone is 1. The molecule has 0 bridgehead atoms. The van der Waals surface area contributed by atoms with Crippen LogP contribution >= 0.6 is 15.9 Å². The first-order valence-corrected chi connectivity index (χ1v) is 5.52. The molecule has 0 aliphatic heterocycles. The van der Waals surface area contributed by atoms with Crippen molar-refractivity contribution in [3.8, 4) is 0 Å². The van der Waals surface area contributed by atoms with Crippen molar-refractivity contribution in [3.05, 3.63) is 46.5 Å². The van der Waals surface area contributed by atoms with Crippen molar-refractivity contribution >= 4 is 21.9 Å². The summed E-state index contributed by atoms with van der Waals surface area (Å²) in [6.07, 6.45) is 0.716. The normalized spacial score (nSPS) is 9.73. The Hall–Kier alpha value is -1.09. The average molecular weight is 269 g/mol. The molecule has 0 aliphatic carbocycles. The van der Waals surface area contributed by atoms with Gasteiger partial charge >= 0.3 is 5.97 Å². The summed E-state index contributed by atoms with van der Waals surface area (Å²) in [6.45, 7) is 5.95. The maximum absolute atomic E-state index is 11.4. The van der Waals surface area contributed by atoms with E-state index in [0.29, 0.717) is 18.6 Å². The lowest BCUT2D eigenvalue weighted by atomic mass is 10.1. The van der Waals surface area contributed by atoms with Crippen molar-refractivity contribution in [2.24, 2.45) is 0 Å². The Labute approximate surface area is 98.1 Å². The summed E-state index contributed by atoms with van der Waals surface area (Å²) in [7, 11) is 0. The lowest BCUT2D eigenvalue weighted by Gasteiger charge is -2.04. The van der Waals surface area contributed by atoms with Crippen LogP contribution in [0.4, 0.5) is 0 Å². The number of esters is 1.